The first-order valence-electron chi connectivity index (χ1n) is 5.85. The SMILES string of the molecule is CNCC/C=C(/C)C1=CCCCCC1. The molecule has 0 aromatic carbocycles. The Balaban J connectivity index is 2.44. The van der Waals surface area contributed by atoms with Crippen LogP contribution < -0.4 is 5.32 Å². The Morgan fingerprint density at radius 2 is 2.29 bits per heavy atom. The van der Waals surface area contributed by atoms with Crippen LogP contribution >= 0.6 is 0 Å². The molecule has 0 radical (unpaired) electrons. The van der Waals surface area contributed by atoms with E-state index in [1.807, 2.05) is 7.05 Å². The van der Waals surface area contributed by atoms with Crippen molar-refractivity contribution < 1.29 is 0 Å². The van der Waals surface area contributed by atoms with Gasteiger partial charge in [-0.2, -0.15) is 0 Å². The van der Waals surface area contributed by atoms with Crippen molar-refractivity contribution in [3.8, 4) is 0 Å². The van der Waals surface area contributed by atoms with Crippen LogP contribution in [0, 0.1) is 0 Å². The van der Waals surface area contributed by atoms with Crippen molar-refractivity contribution >= 4 is 0 Å². The number of nitrogens with one attached hydrogen (secondary N) is 1. The lowest BCUT2D eigenvalue weighted by atomic mass is 10.0. The molecule has 0 saturated carbocycles. The second kappa shape index (κ2) is 6.83. The highest BCUT2D eigenvalue weighted by Gasteiger charge is 2.03. The first kappa shape index (κ1) is 11.5. The molecule has 80 valence electrons. The molecule has 0 atom stereocenters. The zero-order valence-electron chi connectivity index (χ0n) is 9.60. The second-order valence-electron chi connectivity index (χ2n) is 4.11. The molecular weight excluding hydrogens is 170 g/mol. The minimum absolute atomic E-state index is 1.09. The molecule has 0 unspecified atom stereocenters. The van der Waals surface area contributed by atoms with Gasteiger partial charge < -0.3 is 5.32 Å². The van der Waals surface area contributed by atoms with Gasteiger partial charge in [-0.1, -0.05) is 24.1 Å². The summed E-state index contributed by atoms with van der Waals surface area (Å²) in [5, 5.41) is 3.17. The molecule has 0 heterocycles. The molecule has 0 aromatic heterocycles. The number of hydrogen-bond acceptors (Lipinski definition) is 1. The van der Waals surface area contributed by atoms with Crippen LogP contribution in [0.1, 0.15) is 45.4 Å². The topological polar surface area (TPSA) is 12.0 Å². The van der Waals surface area contributed by atoms with E-state index in [-0.39, 0.29) is 0 Å². The molecule has 0 bridgehead atoms. The fourth-order valence-electron chi connectivity index (χ4n) is 1.94. The van der Waals surface area contributed by atoms with Crippen LogP contribution in [0.15, 0.2) is 23.3 Å². The largest absolute Gasteiger partial charge is 0.319 e. The Morgan fingerprint density at radius 1 is 1.43 bits per heavy atom. The smallest absolute Gasteiger partial charge is 0.00171 e. The van der Waals surface area contributed by atoms with Crippen molar-refractivity contribution in [3.05, 3.63) is 23.3 Å². The summed E-state index contributed by atoms with van der Waals surface area (Å²) < 4.78 is 0. The molecule has 0 amide bonds. The van der Waals surface area contributed by atoms with E-state index in [0.717, 1.165) is 13.0 Å². The molecule has 14 heavy (non-hydrogen) atoms. The summed E-state index contributed by atoms with van der Waals surface area (Å²) in [5.74, 6) is 0. The highest BCUT2D eigenvalue weighted by atomic mass is 14.8. The first-order chi connectivity index (χ1) is 6.84. The van der Waals surface area contributed by atoms with Gasteiger partial charge in [0.15, 0.2) is 0 Å². The summed E-state index contributed by atoms with van der Waals surface area (Å²) in [4.78, 5) is 0. The van der Waals surface area contributed by atoms with Gasteiger partial charge in [-0.15, -0.1) is 0 Å². The van der Waals surface area contributed by atoms with E-state index in [0.29, 0.717) is 0 Å². The van der Waals surface area contributed by atoms with E-state index in [9.17, 15) is 0 Å². The van der Waals surface area contributed by atoms with E-state index in [4.69, 9.17) is 0 Å². The summed E-state index contributed by atoms with van der Waals surface area (Å²) in [6.07, 6.45) is 12.7. The van der Waals surface area contributed by atoms with E-state index >= 15 is 0 Å². The van der Waals surface area contributed by atoms with Crippen molar-refractivity contribution in [1.29, 1.82) is 0 Å². The molecular formula is C13H23N. The highest BCUT2D eigenvalue weighted by Crippen LogP contribution is 2.22. The van der Waals surface area contributed by atoms with Crippen LogP contribution in [-0.4, -0.2) is 13.6 Å². The predicted octanol–water partition coefficient (Wildman–Crippen LogP) is 3.43. The van der Waals surface area contributed by atoms with Gasteiger partial charge in [-0.05, 0) is 58.2 Å². The fraction of sp³-hybridized carbons (Fsp3) is 0.692. The van der Waals surface area contributed by atoms with Gasteiger partial charge in [-0.3, -0.25) is 0 Å². The third-order valence-electron chi connectivity index (χ3n) is 2.89. The molecule has 1 N–H and O–H groups in total. The average Bonchev–Trinajstić information content (AvgIpc) is 2.46. The number of allylic oxidation sites excluding steroid dienone is 3. The van der Waals surface area contributed by atoms with Gasteiger partial charge in [0.25, 0.3) is 0 Å². The minimum Gasteiger partial charge on any atom is -0.319 e. The molecule has 0 aliphatic heterocycles. The van der Waals surface area contributed by atoms with Crippen LogP contribution in [0.25, 0.3) is 0 Å². The van der Waals surface area contributed by atoms with Gasteiger partial charge >= 0.3 is 0 Å². The third-order valence-corrected chi connectivity index (χ3v) is 2.89. The van der Waals surface area contributed by atoms with Crippen molar-refractivity contribution in [2.75, 3.05) is 13.6 Å². The Kier molecular flexibility index (Phi) is 5.62. The maximum absolute atomic E-state index is 3.17. The maximum atomic E-state index is 3.17. The Bertz CT molecular complexity index is 213. The van der Waals surface area contributed by atoms with Crippen molar-refractivity contribution in [1.82, 2.24) is 5.32 Å². The normalized spacial score (nSPS) is 19.0. The van der Waals surface area contributed by atoms with Crippen molar-refractivity contribution in [2.24, 2.45) is 0 Å². The molecule has 1 nitrogen and oxygen atoms in total. The summed E-state index contributed by atoms with van der Waals surface area (Å²) in [6, 6.07) is 0. The Morgan fingerprint density at radius 3 is 3.07 bits per heavy atom. The standard InChI is InChI=1S/C13H23N/c1-12(8-7-11-14-2)13-9-5-3-4-6-10-13/h8-9,14H,3-7,10-11H2,1-2H3/b12-8-. The van der Waals surface area contributed by atoms with Gasteiger partial charge in [0, 0.05) is 0 Å². The molecule has 0 spiro atoms. The second-order valence-corrected chi connectivity index (χ2v) is 4.11. The monoisotopic (exact) mass is 193 g/mol. The molecule has 1 aliphatic rings. The van der Waals surface area contributed by atoms with E-state index in [1.54, 1.807) is 5.57 Å². The lowest BCUT2D eigenvalue weighted by molar-refractivity contribution is 0.711. The summed E-state index contributed by atoms with van der Waals surface area (Å²) in [5.41, 5.74) is 3.10. The van der Waals surface area contributed by atoms with Crippen LogP contribution in [0.4, 0.5) is 0 Å². The Hall–Kier alpha value is -0.560. The fourth-order valence-corrected chi connectivity index (χ4v) is 1.94. The number of rotatable bonds is 4. The molecule has 0 fully saturated rings. The van der Waals surface area contributed by atoms with Crippen LogP contribution in [0.2, 0.25) is 0 Å². The van der Waals surface area contributed by atoms with Crippen molar-refractivity contribution in [3.63, 3.8) is 0 Å². The molecule has 0 saturated heterocycles. The van der Waals surface area contributed by atoms with E-state index < -0.39 is 0 Å². The maximum Gasteiger partial charge on any atom is -0.00171 e. The quantitative estimate of drug-likeness (QED) is 0.674. The highest BCUT2D eigenvalue weighted by molar-refractivity contribution is 5.29. The van der Waals surface area contributed by atoms with Gasteiger partial charge in [0.05, 0.1) is 0 Å². The summed E-state index contributed by atoms with van der Waals surface area (Å²) >= 11 is 0. The third kappa shape index (κ3) is 4.10. The predicted molar refractivity (Wildman–Crippen MR) is 63.5 cm³/mol. The number of hydrogen-bond donors (Lipinski definition) is 1. The Labute approximate surface area is 88.3 Å². The molecule has 0 aromatic rings. The zero-order chi connectivity index (χ0) is 10.2. The van der Waals surface area contributed by atoms with E-state index in [2.05, 4.69) is 24.4 Å². The first-order valence-corrected chi connectivity index (χ1v) is 5.85. The van der Waals surface area contributed by atoms with Gasteiger partial charge in [0.2, 0.25) is 0 Å². The lowest BCUT2D eigenvalue weighted by Gasteiger charge is -2.05. The molecule has 1 heteroatoms. The summed E-state index contributed by atoms with van der Waals surface area (Å²) in [7, 11) is 2.01. The van der Waals surface area contributed by atoms with Crippen LogP contribution in [-0.2, 0) is 0 Å². The zero-order valence-corrected chi connectivity index (χ0v) is 9.60. The van der Waals surface area contributed by atoms with E-state index in [1.165, 1.54) is 37.7 Å². The average molecular weight is 193 g/mol. The van der Waals surface area contributed by atoms with Crippen molar-refractivity contribution in [2.45, 2.75) is 45.4 Å². The van der Waals surface area contributed by atoms with Crippen LogP contribution in [0.5, 0.6) is 0 Å². The molecule has 1 rings (SSSR count). The lowest BCUT2D eigenvalue weighted by Crippen LogP contribution is -2.06. The van der Waals surface area contributed by atoms with Crippen LogP contribution in [0.3, 0.4) is 0 Å². The summed E-state index contributed by atoms with van der Waals surface area (Å²) in [6.45, 7) is 3.34. The molecule has 1 aliphatic carbocycles. The van der Waals surface area contributed by atoms with Gasteiger partial charge in [0.1, 0.15) is 0 Å². The van der Waals surface area contributed by atoms with Gasteiger partial charge in [-0.25, -0.2) is 0 Å². The minimum atomic E-state index is 1.09.